The Balaban J connectivity index is 2.21. The van der Waals surface area contributed by atoms with Gasteiger partial charge in [0, 0.05) is 6.04 Å². The monoisotopic (exact) mass is 269 g/mol. The molecule has 3 heteroatoms. The Labute approximate surface area is 119 Å². The van der Waals surface area contributed by atoms with Crippen LogP contribution in [0.2, 0.25) is 0 Å². The SMILES string of the molecule is Cc1ccccc1[C@H](C)NC(C(=O)O)c1ccccc1. The molecule has 2 N–H and O–H groups in total. The Morgan fingerprint density at radius 2 is 1.65 bits per heavy atom. The van der Waals surface area contributed by atoms with Crippen molar-refractivity contribution >= 4 is 5.97 Å². The average molecular weight is 269 g/mol. The number of aliphatic carboxylic acids is 1. The third kappa shape index (κ3) is 3.25. The van der Waals surface area contributed by atoms with Crippen LogP contribution in [0, 0.1) is 6.92 Å². The van der Waals surface area contributed by atoms with Crippen molar-refractivity contribution in [2.45, 2.75) is 25.9 Å². The number of carbonyl (C=O) groups is 1. The van der Waals surface area contributed by atoms with Gasteiger partial charge in [-0.25, -0.2) is 0 Å². The van der Waals surface area contributed by atoms with Crippen molar-refractivity contribution in [2.75, 3.05) is 0 Å². The zero-order valence-electron chi connectivity index (χ0n) is 11.7. The van der Waals surface area contributed by atoms with E-state index in [9.17, 15) is 9.90 Å². The maximum absolute atomic E-state index is 11.5. The van der Waals surface area contributed by atoms with Gasteiger partial charge in [0.05, 0.1) is 0 Å². The minimum absolute atomic E-state index is 0.0301. The summed E-state index contributed by atoms with van der Waals surface area (Å²) >= 11 is 0. The number of hydrogen-bond acceptors (Lipinski definition) is 2. The quantitative estimate of drug-likeness (QED) is 0.873. The lowest BCUT2D eigenvalue weighted by molar-refractivity contribution is -0.139. The summed E-state index contributed by atoms with van der Waals surface area (Å²) in [5, 5.41) is 12.6. The van der Waals surface area contributed by atoms with Gasteiger partial charge in [-0.1, -0.05) is 54.6 Å². The van der Waals surface area contributed by atoms with E-state index in [2.05, 4.69) is 5.32 Å². The molecule has 20 heavy (non-hydrogen) atoms. The van der Waals surface area contributed by atoms with Crippen LogP contribution >= 0.6 is 0 Å². The van der Waals surface area contributed by atoms with Crippen LogP contribution in [0.25, 0.3) is 0 Å². The molecule has 3 nitrogen and oxygen atoms in total. The molecule has 0 bridgehead atoms. The van der Waals surface area contributed by atoms with Crippen LogP contribution in [-0.4, -0.2) is 11.1 Å². The molecule has 2 atom stereocenters. The highest BCUT2D eigenvalue weighted by molar-refractivity contribution is 5.75. The van der Waals surface area contributed by atoms with Gasteiger partial charge in [0.25, 0.3) is 0 Å². The first-order valence-corrected chi connectivity index (χ1v) is 6.69. The van der Waals surface area contributed by atoms with E-state index in [0.29, 0.717) is 0 Å². The van der Waals surface area contributed by atoms with Gasteiger partial charge in [0.15, 0.2) is 0 Å². The number of carboxylic acids is 1. The number of rotatable bonds is 5. The molecule has 0 radical (unpaired) electrons. The molecular weight excluding hydrogens is 250 g/mol. The Kier molecular flexibility index (Phi) is 4.53. The number of benzene rings is 2. The summed E-state index contributed by atoms with van der Waals surface area (Å²) in [4.78, 5) is 11.5. The van der Waals surface area contributed by atoms with Crippen LogP contribution < -0.4 is 5.32 Å². The molecular formula is C17H19NO2. The van der Waals surface area contributed by atoms with Crippen molar-refractivity contribution < 1.29 is 9.90 Å². The molecule has 0 fully saturated rings. The third-order valence-corrected chi connectivity index (χ3v) is 3.45. The molecule has 104 valence electrons. The van der Waals surface area contributed by atoms with E-state index in [4.69, 9.17) is 0 Å². The number of aryl methyl sites for hydroxylation is 1. The molecule has 2 rings (SSSR count). The van der Waals surface area contributed by atoms with Gasteiger partial charge in [-0.05, 0) is 30.5 Å². The second kappa shape index (κ2) is 6.35. The summed E-state index contributed by atoms with van der Waals surface area (Å²) in [6.07, 6.45) is 0. The molecule has 0 saturated heterocycles. The van der Waals surface area contributed by atoms with Gasteiger partial charge >= 0.3 is 5.97 Å². The van der Waals surface area contributed by atoms with Crippen LogP contribution in [-0.2, 0) is 4.79 Å². The van der Waals surface area contributed by atoms with E-state index in [1.165, 1.54) is 0 Å². The predicted molar refractivity (Wildman–Crippen MR) is 79.5 cm³/mol. The van der Waals surface area contributed by atoms with Gasteiger partial charge in [-0.15, -0.1) is 0 Å². The average Bonchev–Trinajstić information content (AvgIpc) is 2.45. The highest BCUT2D eigenvalue weighted by Gasteiger charge is 2.22. The first-order valence-electron chi connectivity index (χ1n) is 6.69. The van der Waals surface area contributed by atoms with Crippen LogP contribution in [0.4, 0.5) is 0 Å². The van der Waals surface area contributed by atoms with Gasteiger partial charge in [-0.2, -0.15) is 0 Å². The van der Waals surface area contributed by atoms with Gasteiger partial charge < -0.3 is 5.11 Å². The molecule has 0 aromatic heterocycles. The number of hydrogen-bond donors (Lipinski definition) is 2. The highest BCUT2D eigenvalue weighted by Crippen LogP contribution is 2.22. The molecule has 2 aromatic carbocycles. The van der Waals surface area contributed by atoms with E-state index in [-0.39, 0.29) is 6.04 Å². The standard InChI is InChI=1S/C17H19NO2/c1-12-8-6-7-11-15(12)13(2)18-16(17(19)20)14-9-4-3-5-10-14/h3-11,13,16,18H,1-2H3,(H,19,20)/t13-,16?/m0/s1. The summed E-state index contributed by atoms with van der Waals surface area (Å²) in [6, 6.07) is 16.5. The normalized spacial score (nSPS) is 13.7. The Hall–Kier alpha value is -2.13. The summed E-state index contributed by atoms with van der Waals surface area (Å²) in [5.41, 5.74) is 3.04. The summed E-state index contributed by atoms with van der Waals surface area (Å²) in [5.74, 6) is -0.864. The Bertz CT molecular complexity index is 581. The largest absolute Gasteiger partial charge is 0.480 e. The third-order valence-electron chi connectivity index (χ3n) is 3.45. The molecule has 0 aliphatic rings. The second-order valence-corrected chi connectivity index (χ2v) is 4.93. The van der Waals surface area contributed by atoms with E-state index in [1.807, 2.05) is 68.4 Å². The molecule has 0 aliphatic carbocycles. The van der Waals surface area contributed by atoms with E-state index < -0.39 is 12.0 Å². The van der Waals surface area contributed by atoms with Crippen molar-refractivity contribution in [1.29, 1.82) is 0 Å². The first kappa shape index (κ1) is 14.3. The topological polar surface area (TPSA) is 49.3 Å². The van der Waals surface area contributed by atoms with Gasteiger partial charge in [-0.3, -0.25) is 10.1 Å². The minimum Gasteiger partial charge on any atom is -0.480 e. The van der Waals surface area contributed by atoms with E-state index in [0.717, 1.165) is 16.7 Å². The summed E-state index contributed by atoms with van der Waals surface area (Å²) in [6.45, 7) is 4.02. The lowest BCUT2D eigenvalue weighted by Gasteiger charge is -2.22. The molecule has 0 spiro atoms. The van der Waals surface area contributed by atoms with E-state index >= 15 is 0 Å². The van der Waals surface area contributed by atoms with Crippen LogP contribution in [0.1, 0.15) is 35.7 Å². The van der Waals surface area contributed by atoms with Crippen LogP contribution in [0.3, 0.4) is 0 Å². The molecule has 0 saturated carbocycles. The fourth-order valence-corrected chi connectivity index (χ4v) is 2.37. The number of nitrogens with one attached hydrogen (secondary N) is 1. The Morgan fingerprint density at radius 1 is 1.05 bits per heavy atom. The second-order valence-electron chi connectivity index (χ2n) is 4.93. The molecule has 0 aliphatic heterocycles. The number of carboxylic acid groups (broad SMARTS) is 1. The van der Waals surface area contributed by atoms with Gasteiger partial charge in [0.1, 0.15) is 6.04 Å². The first-order chi connectivity index (χ1) is 9.59. The molecule has 1 unspecified atom stereocenters. The molecule has 0 heterocycles. The zero-order chi connectivity index (χ0) is 14.5. The Morgan fingerprint density at radius 3 is 2.25 bits per heavy atom. The van der Waals surface area contributed by atoms with Crippen molar-refractivity contribution in [3.8, 4) is 0 Å². The van der Waals surface area contributed by atoms with Crippen molar-refractivity contribution in [3.05, 3.63) is 71.3 Å². The van der Waals surface area contributed by atoms with Crippen LogP contribution in [0.5, 0.6) is 0 Å². The summed E-state index contributed by atoms with van der Waals surface area (Å²) in [7, 11) is 0. The van der Waals surface area contributed by atoms with Crippen molar-refractivity contribution in [1.82, 2.24) is 5.32 Å². The lowest BCUT2D eigenvalue weighted by Crippen LogP contribution is -2.31. The van der Waals surface area contributed by atoms with Crippen LogP contribution in [0.15, 0.2) is 54.6 Å². The smallest absolute Gasteiger partial charge is 0.325 e. The predicted octanol–water partition coefficient (Wildman–Crippen LogP) is 3.47. The van der Waals surface area contributed by atoms with Gasteiger partial charge in [0.2, 0.25) is 0 Å². The highest BCUT2D eigenvalue weighted by atomic mass is 16.4. The maximum atomic E-state index is 11.5. The maximum Gasteiger partial charge on any atom is 0.325 e. The van der Waals surface area contributed by atoms with Crippen molar-refractivity contribution in [2.24, 2.45) is 0 Å². The molecule has 0 amide bonds. The lowest BCUT2D eigenvalue weighted by atomic mass is 10.00. The summed E-state index contributed by atoms with van der Waals surface area (Å²) < 4.78 is 0. The van der Waals surface area contributed by atoms with Crippen molar-refractivity contribution in [3.63, 3.8) is 0 Å². The fourth-order valence-electron chi connectivity index (χ4n) is 2.37. The fraction of sp³-hybridized carbons (Fsp3) is 0.235. The zero-order valence-corrected chi connectivity index (χ0v) is 11.7. The minimum atomic E-state index is -0.864. The van der Waals surface area contributed by atoms with E-state index in [1.54, 1.807) is 0 Å². The molecule has 2 aromatic rings.